The van der Waals surface area contributed by atoms with Gasteiger partial charge in [-0.05, 0) is 82.0 Å². The van der Waals surface area contributed by atoms with Gasteiger partial charge in [-0.1, -0.05) is 48.5 Å². The Kier molecular flexibility index (Phi) is 11.6. The summed E-state index contributed by atoms with van der Waals surface area (Å²) < 4.78 is 16.9. The van der Waals surface area contributed by atoms with Gasteiger partial charge in [-0.3, -0.25) is 9.59 Å². The van der Waals surface area contributed by atoms with Crippen LogP contribution >= 0.6 is 0 Å². The molecule has 0 saturated carbocycles. The molecule has 0 aliphatic rings. The van der Waals surface area contributed by atoms with Crippen LogP contribution in [0, 0.1) is 0 Å². The first kappa shape index (κ1) is 31.5. The average Bonchev–Trinajstić information content (AvgIpc) is 2.94. The molecule has 0 aliphatic carbocycles. The standard InChI is InChI=1S/C34H44N2O5/c1-7-40-30-19-17-26(23-31(30)41-8-2)18-20-32(37)36(24-27-15-12-16-28(21-27)39-6)29(33(38)35-34(3,4)5)22-25-13-10-9-11-14-25/h9-17,19,21,23,29H,7-8,18,20,22,24H2,1-6H3,(H,35,38)/t29-/m0/s1. The third kappa shape index (κ3) is 9.85. The maximum atomic E-state index is 14.0. The number of ether oxygens (including phenoxy) is 3. The van der Waals surface area contributed by atoms with Crippen LogP contribution in [0.15, 0.2) is 72.8 Å². The summed E-state index contributed by atoms with van der Waals surface area (Å²) in [6, 6.07) is 22.5. The molecule has 3 aromatic carbocycles. The van der Waals surface area contributed by atoms with E-state index in [-0.39, 0.29) is 24.8 Å². The Morgan fingerprint density at radius 3 is 2.17 bits per heavy atom. The molecule has 0 bridgehead atoms. The maximum Gasteiger partial charge on any atom is 0.243 e. The number of hydrogen-bond donors (Lipinski definition) is 1. The average molecular weight is 561 g/mol. The van der Waals surface area contributed by atoms with Crippen LogP contribution in [-0.2, 0) is 29.0 Å². The van der Waals surface area contributed by atoms with E-state index in [1.54, 1.807) is 12.0 Å². The van der Waals surface area contributed by atoms with Crippen LogP contribution in [0.5, 0.6) is 17.2 Å². The Labute approximate surface area is 244 Å². The number of benzene rings is 3. The fourth-order valence-electron chi connectivity index (χ4n) is 4.62. The zero-order valence-electron chi connectivity index (χ0n) is 25.2. The molecule has 0 aliphatic heterocycles. The largest absolute Gasteiger partial charge is 0.497 e. The van der Waals surface area contributed by atoms with Crippen molar-refractivity contribution in [2.75, 3.05) is 20.3 Å². The predicted molar refractivity (Wildman–Crippen MR) is 162 cm³/mol. The fourth-order valence-corrected chi connectivity index (χ4v) is 4.62. The zero-order valence-corrected chi connectivity index (χ0v) is 25.2. The number of methoxy groups -OCH3 is 1. The lowest BCUT2D eigenvalue weighted by Crippen LogP contribution is -2.54. The highest BCUT2D eigenvalue weighted by Crippen LogP contribution is 2.29. The summed E-state index contributed by atoms with van der Waals surface area (Å²) in [4.78, 5) is 29.5. The molecule has 0 fully saturated rings. The molecular formula is C34H44N2O5. The van der Waals surface area contributed by atoms with Crippen LogP contribution in [0.1, 0.15) is 57.7 Å². The Morgan fingerprint density at radius 2 is 1.51 bits per heavy atom. The second kappa shape index (κ2) is 15.1. The van der Waals surface area contributed by atoms with Crippen molar-refractivity contribution < 1.29 is 23.8 Å². The molecular weight excluding hydrogens is 516 g/mol. The first-order chi connectivity index (χ1) is 19.6. The molecule has 1 N–H and O–H groups in total. The minimum atomic E-state index is -0.699. The Morgan fingerprint density at radius 1 is 0.829 bits per heavy atom. The number of nitrogens with zero attached hydrogens (tertiary/aromatic N) is 1. The summed E-state index contributed by atoms with van der Waals surface area (Å²) in [5.74, 6) is 1.76. The molecule has 0 heterocycles. The van der Waals surface area contributed by atoms with Gasteiger partial charge in [-0.15, -0.1) is 0 Å². The molecule has 220 valence electrons. The van der Waals surface area contributed by atoms with Gasteiger partial charge in [-0.25, -0.2) is 0 Å². The van der Waals surface area contributed by atoms with Crippen molar-refractivity contribution in [3.8, 4) is 17.2 Å². The number of carbonyl (C=O) groups is 2. The van der Waals surface area contributed by atoms with Crippen LogP contribution in [0.4, 0.5) is 0 Å². The molecule has 3 rings (SSSR count). The van der Waals surface area contributed by atoms with Gasteiger partial charge in [0.15, 0.2) is 11.5 Å². The van der Waals surface area contributed by atoms with Crippen LogP contribution in [0.25, 0.3) is 0 Å². The van der Waals surface area contributed by atoms with Gasteiger partial charge in [0.2, 0.25) is 11.8 Å². The second-order valence-corrected chi connectivity index (χ2v) is 11.0. The van der Waals surface area contributed by atoms with Crippen molar-refractivity contribution in [3.05, 3.63) is 89.5 Å². The fraction of sp³-hybridized carbons (Fsp3) is 0.412. The lowest BCUT2D eigenvalue weighted by Gasteiger charge is -2.34. The molecule has 0 spiro atoms. The maximum absolute atomic E-state index is 14.0. The number of hydrogen-bond acceptors (Lipinski definition) is 5. The lowest BCUT2D eigenvalue weighted by atomic mass is 9.99. The van der Waals surface area contributed by atoms with E-state index in [0.717, 1.165) is 16.7 Å². The number of carbonyl (C=O) groups excluding carboxylic acids is 2. The van der Waals surface area contributed by atoms with Crippen LogP contribution in [-0.4, -0.2) is 48.6 Å². The Balaban J connectivity index is 1.93. The smallest absolute Gasteiger partial charge is 0.243 e. The van der Waals surface area contributed by atoms with Crippen molar-refractivity contribution in [3.63, 3.8) is 0 Å². The van der Waals surface area contributed by atoms with Gasteiger partial charge < -0.3 is 24.4 Å². The number of amides is 2. The normalized spacial score (nSPS) is 11.9. The SMILES string of the molecule is CCOc1ccc(CCC(=O)N(Cc2cccc(OC)c2)[C@@H](Cc2ccccc2)C(=O)NC(C)(C)C)cc1OCC. The van der Waals surface area contributed by atoms with Crippen LogP contribution in [0.3, 0.4) is 0 Å². The van der Waals surface area contributed by atoms with E-state index in [1.807, 2.05) is 107 Å². The summed E-state index contributed by atoms with van der Waals surface area (Å²) in [7, 11) is 1.62. The van der Waals surface area contributed by atoms with Gasteiger partial charge in [0, 0.05) is 24.9 Å². The van der Waals surface area contributed by atoms with E-state index in [4.69, 9.17) is 14.2 Å². The quantitative estimate of drug-likeness (QED) is 0.263. The van der Waals surface area contributed by atoms with E-state index >= 15 is 0 Å². The first-order valence-electron chi connectivity index (χ1n) is 14.3. The van der Waals surface area contributed by atoms with Gasteiger partial charge in [0.25, 0.3) is 0 Å². The number of nitrogens with one attached hydrogen (secondary N) is 1. The highest BCUT2D eigenvalue weighted by molar-refractivity contribution is 5.88. The molecule has 0 aromatic heterocycles. The first-order valence-corrected chi connectivity index (χ1v) is 14.3. The highest BCUT2D eigenvalue weighted by Gasteiger charge is 2.32. The summed E-state index contributed by atoms with van der Waals surface area (Å²) >= 11 is 0. The summed E-state index contributed by atoms with van der Waals surface area (Å²) in [5.41, 5.74) is 2.39. The Hall–Kier alpha value is -4.00. The van der Waals surface area contributed by atoms with Crippen molar-refractivity contribution in [1.82, 2.24) is 10.2 Å². The van der Waals surface area contributed by atoms with E-state index in [9.17, 15) is 9.59 Å². The molecule has 0 saturated heterocycles. The highest BCUT2D eigenvalue weighted by atomic mass is 16.5. The van der Waals surface area contributed by atoms with Crippen molar-refractivity contribution in [1.29, 1.82) is 0 Å². The second-order valence-electron chi connectivity index (χ2n) is 11.0. The van der Waals surface area contributed by atoms with E-state index < -0.39 is 11.6 Å². The minimum Gasteiger partial charge on any atom is -0.497 e. The molecule has 2 amide bonds. The Bertz CT molecular complexity index is 1270. The zero-order chi connectivity index (χ0) is 29.8. The van der Waals surface area contributed by atoms with E-state index in [1.165, 1.54) is 0 Å². The predicted octanol–water partition coefficient (Wildman–Crippen LogP) is 5.98. The van der Waals surface area contributed by atoms with Crippen molar-refractivity contribution in [2.45, 2.75) is 72.0 Å². The van der Waals surface area contributed by atoms with Gasteiger partial charge >= 0.3 is 0 Å². The molecule has 7 nitrogen and oxygen atoms in total. The molecule has 1 atom stereocenters. The van der Waals surface area contributed by atoms with Crippen molar-refractivity contribution in [2.24, 2.45) is 0 Å². The lowest BCUT2D eigenvalue weighted by molar-refractivity contribution is -0.141. The van der Waals surface area contributed by atoms with Gasteiger partial charge in [0.1, 0.15) is 11.8 Å². The number of rotatable bonds is 14. The third-order valence-electron chi connectivity index (χ3n) is 6.49. The molecule has 41 heavy (non-hydrogen) atoms. The summed E-state index contributed by atoms with van der Waals surface area (Å²) in [6.07, 6.45) is 1.13. The van der Waals surface area contributed by atoms with E-state index in [0.29, 0.717) is 43.3 Å². The van der Waals surface area contributed by atoms with Gasteiger partial charge in [0.05, 0.1) is 20.3 Å². The minimum absolute atomic E-state index is 0.107. The summed E-state index contributed by atoms with van der Waals surface area (Å²) in [5, 5.41) is 3.11. The van der Waals surface area contributed by atoms with Crippen LogP contribution < -0.4 is 19.5 Å². The molecule has 0 unspecified atom stereocenters. The van der Waals surface area contributed by atoms with E-state index in [2.05, 4.69) is 5.32 Å². The topological polar surface area (TPSA) is 77.1 Å². The third-order valence-corrected chi connectivity index (χ3v) is 6.49. The monoisotopic (exact) mass is 560 g/mol. The molecule has 3 aromatic rings. The van der Waals surface area contributed by atoms with Crippen LogP contribution in [0.2, 0.25) is 0 Å². The van der Waals surface area contributed by atoms with Crippen molar-refractivity contribution >= 4 is 11.8 Å². The number of aryl methyl sites for hydroxylation is 1. The molecule has 7 heteroatoms. The molecule has 0 radical (unpaired) electrons. The van der Waals surface area contributed by atoms with Gasteiger partial charge in [-0.2, -0.15) is 0 Å². The summed E-state index contributed by atoms with van der Waals surface area (Å²) in [6.45, 7) is 11.0.